The van der Waals surface area contributed by atoms with Crippen LogP contribution in [0.5, 0.6) is 0 Å². The van der Waals surface area contributed by atoms with Gasteiger partial charge in [-0.2, -0.15) is 0 Å². The first-order valence-corrected chi connectivity index (χ1v) is 25.4. The molecule has 11 heteroatoms. The molecule has 6 saturated heterocycles. The van der Waals surface area contributed by atoms with Gasteiger partial charge in [0.05, 0.1) is 0 Å². The summed E-state index contributed by atoms with van der Waals surface area (Å²) < 4.78 is 29.7. The monoisotopic (exact) mass is 1020 g/mol. The third-order valence-electron chi connectivity index (χ3n) is 11.5. The Morgan fingerprint density at radius 3 is 0.638 bits per heavy atom. The molecule has 6 aliphatic heterocycles. The number of benzene rings is 4. The molecule has 6 heterocycles. The zero-order valence-electron chi connectivity index (χ0n) is 44.0. The van der Waals surface area contributed by atoms with Gasteiger partial charge in [0.15, 0.2) is 0 Å². The van der Waals surface area contributed by atoms with Crippen LogP contribution < -0.4 is 0 Å². The second kappa shape index (κ2) is 40.6. The van der Waals surface area contributed by atoms with Gasteiger partial charge in [-0.25, -0.2) is 0 Å². The summed E-state index contributed by atoms with van der Waals surface area (Å²) in [6, 6.07) is 24.7. The van der Waals surface area contributed by atoms with Crippen LogP contribution in [0.25, 0.3) is 10.6 Å². The van der Waals surface area contributed by atoms with Gasteiger partial charge in [-0.1, -0.05) is 85.5 Å². The first-order valence-electron chi connectivity index (χ1n) is 25.4. The van der Waals surface area contributed by atoms with E-state index < -0.39 is 0 Å². The molecule has 0 bridgehead atoms. The Balaban J connectivity index is 0.000000296. The molecule has 69 heavy (non-hydrogen) atoms. The van der Waals surface area contributed by atoms with E-state index in [0.717, 1.165) is 102 Å². The maximum atomic E-state index is 4.94. The molecule has 0 aliphatic carbocycles. The fourth-order valence-electron chi connectivity index (χ4n) is 7.39. The quantitative estimate of drug-likeness (QED) is 0.108. The molecule has 0 radical (unpaired) electrons. The maximum absolute atomic E-state index is 4.94. The zero-order valence-corrected chi connectivity index (χ0v) is 47.5. The minimum absolute atomic E-state index is 0. The number of para-hydroxylation sites is 4. The molecule has 0 unspecified atom stereocenters. The number of aryl methyl sites for hydroxylation is 8. The minimum atomic E-state index is 0. The summed E-state index contributed by atoms with van der Waals surface area (Å²) in [6.45, 7) is 28.5. The van der Waals surface area contributed by atoms with Crippen molar-refractivity contribution in [3.63, 3.8) is 0 Å². The fourth-order valence-corrected chi connectivity index (χ4v) is 7.39. The molecule has 0 saturated carbocycles. The minimum Gasteiger partial charge on any atom is -0.443 e. The summed E-state index contributed by atoms with van der Waals surface area (Å²) in [5.41, 5.74) is 13.4. The van der Waals surface area contributed by atoms with Crippen molar-refractivity contribution >= 4 is 80.9 Å². The zero-order chi connectivity index (χ0) is 48.9. The largest absolute Gasteiger partial charge is 2.00 e. The van der Waals surface area contributed by atoms with Crippen LogP contribution in [0, 0.1) is 55.4 Å². The molecule has 4 aromatic carbocycles. The van der Waals surface area contributed by atoms with Crippen LogP contribution in [0.15, 0.2) is 82.8 Å². The van der Waals surface area contributed by atoms with Crippen molar-refractivity contribution in [1.29, 1.82) is 0 Å². The van der Waals surface area contributed by atoms with E-state index in [1.54, 1.807) is 12.7 Å². The first-order chi connectivity index (χ1) is 33.2. The standard InChI is InChI=1S/2C17H19N2.6C4H8O.Sr/c2*1-12-7-5-8-13(2)16(12)18-11-19-17-14(3)9-6-10-15(17)4;6*1-2-4-5-3-1;/h2*5-11H,1-4H3;6*1-4H2;/q2*-1;;;;;;;+2. The molecule has 6 fully saturated rings. The normalized spacial score (nSPS) is 16.5. The summed E-state index contributed by atoms with van der Waals surface area (Å²) in [5.74, 6) is 0. The molecular formula is C58H86N4O6Sr. The molecule has 0 spiro atoms. The molecule has 0 amide bonds. The van der Waals surface area contributed by atoms with Crippen molar-refractivity contribution in [2.24, 2.45) is 9.98 Å². The van der Waals surface area contributed by atoms with E-state index in [4.69, 9.17) is 28.4 Å². The number of ether oxygens (including phenoxy) is 6. The Labute approximate surface area is 455 Å². The average Bonchev–Trinajstić information content (AvgIpc) is 4.20. The fraction of sp³-hybridized carbons (Fsp3) is 0.552. The first kappa shape index (κ1) is 62.2. The molecule has 0 N–H and O–H groups in total. The number of hydrogen-bond acceptors (Lipinski definition) is 8. The smallest absolute Gasteiger partial charge is 0.443 e. The van der Waals surface area contributed by atoms with Gasteiger partial charge in [0.1, 0.15) is 0 Å². The summed E-state index contributed by atoms with van der Waals surface area (Å²) in [7, 11) is 0. The van der Waals surface area contributed by atoms with Crippen molar-refractivity contribution in [2.75, 3.05) is 79.3 Å². The number of nitrogens with zero attached hydrogens (tertiary/aromatic N) is 4. The van der Waals surface area contributed by atoms with E-state index >= 15 is 0 Å². The molecule has 0 atom stereocenters. The van der Waals surface area contributed by atoms with Gasteiger partial charge in [0, 0.05) is 79.3 Å². The maximum Gasteiger partial charge on any atom is 2.00 e. The van der Waals surface area contributed by atoms with Gasteiger partial charge in [0.2, 0.25) is 0 Å². The van der Waals surface area contributed by atoms with Gasteiger partial charge in [-0.3, -0.25) is 0 Å². The Bertz CT molecular complexity index is 1650. The molecule has 6 aliphatic rings. The van der Waals surface area contributed by atoms with E-state index in [1.165, 1.54) is 122 Å². The van der Waals surface area contributed by atoms with Gasteiger partial charge < -0.3 is 49.0 Å². The number of hydrogen-bond donors (Lipinski definition) is 0. The number of aliphatic imine (C=N–C) groups is 2. The van der Waals surface area contributed by atoms with Gasteiger partial charge >= 0.3 is 45.5 Å². The summed E-state index contributed by atoms with van der Waals surface area (Å²) >= 11 is 0. The van der Waals surface area contributed by atoms with Gasteiger partial charge in [-0.05, 0) is 200 Å². The van der Waals surface area contributed by atoms with E-state index in [1.807, 2.05) is 24.3 Å². The second-order valence-corrected chi connectivity index (χ2v) is 17.6. The van der Waals surface area contributed by atoms with E-state index in [2.05, 4.69) is 125 Å². The predicted molar refractivity (Wildman–Crippen MR) is 292 cm³/mol. The van der Waals surface area contributed by atoms with E-state index in [9.17, 15) is 0 Å². The molecule has 376 valence electrons. The van der Waals surface area contributed by atoms with E-state index in [0.29, 0.717) is 0 Å². The van der Waals surface area contributed by atoms with Gasteiger partial charge in [0.25, 0.3) is 0 Å². The Morgan fingerprint density at radius 1 is 0.304 bits per heavy atom. The molecule has 0 aromatic heterocycles. The Hall–Kier alpha value is -2.94. The van der Waals surface area contributed by atoms with Crippen LogP contribution in [0.3, 0.4) is 0 Å². The molecule has 10 nitrogen and oxygen atoms in total. The summed E-state index contributed by atoms with van der Waals surface area (Å²) in [6.07, 6.45) is 18.6. The number of rotatable bonds is 6. The van der Waals surface area contributed by atoms with Crippen molar-refractivity contribution in [3.05, 3.63) is 128 Å². The van der Waals surface area contributed by atoms with Crippen molar-refractivity contribution < 1.29 is 28.4 Å². The van der Waals surface area contributed by atoms with Crippen LogP contribution in [-0.2, 0) is 28.4 Å². The SMILES string of the molecule is C1CCOC1.C1CCOC1.C1CCOC1.C1CCOC1.C1CCOC1.C1CCOC1.Cc1cccc(C)c1N=C[N-]c1c(C)cccc1C.Cc1cccc(C)c1N=C[N-]c1c(C)cccc1C.[Sr+2]. The second-order valence-electron chi connectivity index (χ2n) is 17.6. The third kappa shape index (κ3) is 28.6. The van der Waals surface area contributed by atoms with Crippen molar-refractivity contribution in [2.45, 2.75) is 132 Å². The Morgan fingerprint density at radius 2 is 0.478 bits per heavy atom. The van der Waals surface area contributed by atoms with Crippen LogP contribution in [0.1, 0.15) is 122 Å². The molecule has 10 rings (SSSR count). The van der Waals surface area contributed by atoms with Crippen molar-refractivity contribution in [3.8, 4) is 0 Å². The predicted octanol–water partition coefficient (Wildman–Crippen LogP) is 15.0. The third-order valence-corrected chi connectivity index (χ3v) is 11.5. The van der Waals surface area contributed by atoms with Gasteiger partial charge in [-0.15, -0.1) is 0 Å². The topological polar surface area (TPSA) is 108 Å². The van der Waals surface area contributed by atoms with Crippen LogP contribution in [0.4, 0.5) is 22.7 Å². The van der Waals surface area contributed by atoms with Crippen LogP contribution in [-0.4, -0.2) is 137 Å². The molecular weight excluding hydrogens is 936 g/mol. The van der Waals surface area contributed by atoms with Crippen LogP contribution >= 0.6 is 0 Å². The molecule has 4 aromatic rings. The van der Waals surface area contributed by atoms with Crippen molar-refractivity contribution in [1.82, 2.24) is 0 Å². The van der Waals surface area contributed by atoms with Crippen LogP contribution in [0.2, 0.25) is 0 Å². The Kier molecular flexibility index (Phi) is 36.6. The average molecular weight is 1020 g/mol. The summed E-state index contributed by atoms with van der Waals surface area (Å²) in [5, 5.41) is 8.98. The summed E-state index contributed by atoms with van der Waals surface area (Å²) in [4.78, 5) is 8.98. The van der Waals surface area contributed by atoms with E-state index in [-0.39, 0.29) is 45.5 Å².